The highest BCUT2D eigenvalue weighted by Crippen LogP contribution is 2.25. The van der Waals surface area contributed by atoms with Crippen molar-refractivity contribution in [3.63, 3.8) is 0 Å². The molecule has 0 bridgehead atoms. The number of methoxy groups -OCH3 is 1. The maximum absolute atomic E-state index is 12.6. The van der Waals surface area contributed by atoms with Crippen molar-refractivity contribution >= 4 is 5.91 Å². The van der Waals surface area contributed by atoms with Crippen molar-refractivity contribution in [2.75, 3.05) is 26.7 Å². The molecule has 2 N–H and O–H groups in total. The minimum atomic E-state index is -0.672. The zero-order valence-electron chi connectivity index (χ0n) is 14.2. The zero-order chi connectivity index (χ0) is 16.2. The van der Waals surface area contributed by atoms with Gasteiger partial charge in [0, 0.05) is 19.1 Å². The van der Waals surface area contributed by atoms with Gasteiger partial charge < -0.3 is 15.4 Å². The molecule has 0 aromatic heterocycles. The normalized spacial score (nSPS) is 18.0. The molecule has 1 aliphatic rings. The average molecular weight is 304 g/mol. The van der Waals surface area contributed by atoms with Crippen LogP contribution >= 0.6 is 0 Å². The predicted octanol–water partition coefficient (Wildman–Crippen LogP) is 2.16. The minimum absolute atomic E-state index is 0.0108. The molecule has 122 valence electrons. The first-order valence-corrected chi connectivity index (χ1v) is 8.01. The van der Waals surface area contributed by atoms with E-state index in [1.54, 1.807) is 7.11 Å². The molecule has 1 aromatic carbocycles. The molecule has 0 radical (unpaired) electrons. The summed E-state index contributed by atoms with van der Waals surface area (Å²) in [5, 5.41) is 6.38. The molecule has 0 aliphatic carbocycles. The highest BCUT2D eigenvalue weighted by atomic mass is 16.5. The third-order valence-corrected chi connectivity index (χ3v) is 4.74. The Morgan fingerprint density at radius 1 is 1.27 bits per heavy atom. The standard InChI is InChI=1S/C18H28N2O2/c1-14-5-7-15(8-6-14)17(2,3)13-20-16(21)18(22-4)9-11-19-12-10-18/h5-8,19H,9-13H2,1-4H3,(H,20,21). The number of hydrogen-bond acceptors (Lipinski definition) is 3. The Morgan fingerprint density at radius 3 is 2.41 bits per heavy atom. The summed E-state index contributed by atoms with van der Waals surface area (Å²) in [6.45, 7) is 8.64. The van der Waals surface area contributed by atoms with E-state index in [2.05, 4.69) is 55.7 Å². The first-order chi connectivity index (χ1) is 10.4. The third kappa shape index (κ3) is 3.68. The Kier molecular flexibility index (Phi) is 5.24. The van der Waals surface area contributed by atoms with E-state index in [0.717, 1.165) is 25.9 Å². The molecule has 0 saturated carbocycles. The Hall–Kier alpha value is -1.39. The van der Waals surface area contributed by atoms with Gasteiger partial charge in [0.05, 0.1) is 0 Å². The molecule has 1 saturated heterocycles. The van der Waals surface area contributed by atoms with E-state index in [-0.39, 0.29) is 11.3 Å². The van der Waals surface area contributed by atoms with Crippen molar-refractivity contribution in [1.82, 2.24) is 10.6 Å². The second kappa shape index (κ2) is 6.80. The molecule has 1 aromatic rings. The lowest BCUT2D eigenvalue weighted by Gasteiger charge is -2.36. The van der Waals surface area contributed by atoms with Crippen molar-refractivity contribution in [1.29, 1.82) is 0 Å². The highest BCUT2D eigenvalue weighted by Gasteiger charge is 2.40. The summed E-state index contributed by atoms with van der Waals surface area (Å²) in [7, 11) is 1.63. The molecule has 0 atom stereocenters. The fourth-order valence-electron chi connectivity index (χ4n) is 2.92. The number of amides is 1. The van der Waals surface area contributed by atoms with Gasteiger partial charge >= 0.3 is 0 Å². The average Bonchev–Trinajstić information content (AvgIpc) is 2.53. The van der Waals surface area contributed by atoms with Gasteiger partial charge in [0.15, 0.2) is 0 Å². The van der Waals surface area contributed by atoms with Crippen LogP contribution in [0.2, 0.25) is 0 Å². The topological polar surface area (TPSA) is 50.4 Å². The third-order valence-electron chi connectivity index (χ3n) is 4.74. The largest absolute Gasteiger partial charge is 0.368 e. The van der Waals surface area contributed by atoms with Crippen LogP contribution in [-0.4, -0.2) is 38.3 Å². The van der Waals surface area contributed by atoms with Crippen molar-refractivity contribution in [2.45, 2.75) is 44.6 Å². The number of piperidine rings is 1. The number of nitrogens with one attached hydrogen (secondary N) is 2. The maximum Gasteiger partial charge on any atom is 0.252 e. The van der Waals surface area contributed by atoms with Crippen LogP contribution in [-0.2, 0) is 14.9 Å². The minimum Gasteiger partial charge on any atom is -0.368 e. The first kappa shape index (κ1) is 17.0. The van der Waals surface area contributed by atoms with Crippen molar-refractivity contribution in [2.24, 2.45) is 0 Å². The van der Waals surface area contributed by atoms with Gasteiger partial charge in [-0.2, -0.15) is 0 Å². The molecule has 0 spiro atoms. The molecule has 22 heavy (non-hydrogen) atoms. The Morgan fingerprint density at radius 2 is 1.86 bits per heavy atom. The second-order valence-electron chi connectivity index (χ2n) is 6.88. The van der Waals surface area contributed by atoms with Gasteiger partial charge in [0.1, 0.15) is 5.60 Å². The van der Waals surface area contributed by atoms with E-state index in [0.29, 0.717) is 6.54 Å². The van der Waals surface area contributed by atoms with Gasteiger partial charge in [0.2, 0.25) is 0 Å². The number of hydrogen-bond donors (Lipinski definition) is 2. The predicted molar refractivity (Wildman–Crippen MR) is 89.1 cm³/mol. The Balaban J connectivity index is 2.01. The summed E-state index contributed by atoms with van der Waals surface area (Å²) < 4.78 is 5.58. The van der Waals surface area contributed by atoms with Gasteiger partial charge in [-0.1, -0.05) is 43.7 Å². The number of aryl methyl sites for hydroxylation is 1. The van der Waals surface area contributed by atoms with Crippen molar-refractivity contribution < 1.29 is 9.53 Å². The van der Waals surface area contributed by atoms with Crippen LogP contribution in [0.3, 0.4) is 0 Å². The summed E-state index contributed by atoms with van der Waals surface area (Å²) in [5.41, 5.74) is 1.70. The van der Waals surface area contributed by atoms with E-state index in [4.69, 9.17) is 4.74 Å². The van der Waals surface area contributed by atoms with Crippen LogP contribution in [0, 0.1) is 6.92 Å². The number of carbonyl (C=O) groups excluding carboxylic acids is 1. The summed E-state index contributed by atoms with van der Waals surface area (Å²) in [4.78, 5) is 12.6. The van der Waals surface area contributed by atoms with Gasteiger partial charge in [-0.3, -0.25) is 4.79 Å². The molecule has 1 amide bonds. The van der Waals surface area contributed by atoms with E-state index in [1.807, 2.05) is 0 Å². The van der Waals surface area contributed by atoms with Gasteiger partial charge in [-0.05, 0) is 38.4 Å². The SMILES string of the molecule is COC1(C(=O)NCC(C)(C)c2ccc(C)cc2)CCNCC1. The summed E-state index contributed by atoms with van der Waals surface area (Å²) in [6, 6.07) is 8.50. The van der Waals surface area contributed by atoms with Crippen LogP contribution < -0.4 is 10.6 Å². The lowest BCUT2D eigenvalue weighted by Crippen LogP contribution is -2.55. The Bertz CT molecular complexity index is 502. The summed E-state index contributed by atoms with van der Waals surface area (Å²) in [6.07, 6.45) is 1.45. The molecule has 4 heteroatoms. The molecule has 2 rings (SSSR count). The fourth-order valence-corrected chi connectivity index (χ4v) is 2.92. The Labute approximate surface area is 133 Å². The van der Waals surface area contributed by atoms with E-state index in [1.165, 1.54) is 11.1 Å². The number of rotatable bonds is 5. The second-order valence-corrected chi connectivity index (χ2v) is 6.88. The lowest BCUT2D eigenvalue weighted by molar-refractivity contribution is -0.146. The van der Waals surface area contributed by atoms with Crippen molar-refractivity contribution in [3.8, 4) is 0 Å². The highest BCUT2D eigenvalue weighted by molar-refractivity contribution is 5.85. The van der Waals surface area contributed by atoms with Crippen LogP contribution in [0.5, 0.6) is 0 Å². The summed E-state index contributed by atoms with van der Waals surface area (Å²) in [5.74, 6) is 0.0108. The van der Waals surface area contributed by atoms with Gasteiger partial charge in [0.25, 0.3) is 5.91 Å². The smallest absolute Gasteiger partial charge is 0.252 e. The molecule has 1 fully saturated rings. The quantitative estimate of drug-likeness (QED) is 0.876. The van der Waals surface area contributed by atoms with Crippen LogP contribution in [0.15, 0.2) is 24.3 Å². The van der Waals surface area contributed by atoms with Crippen LogP contribution in [0.25, 0.3) is 0 Å². The zero-order valence-corrected chi connectivity index (χ0v) is 14.2. The van der Waals surface area contributed by atoms with E-state index < -0.39 is 5.60 Å². The summed E-state index contributed by atoms with van der Waals surface area (Å²) >= 11 is 0. The molecule has 1 aliphatic heterocycles. The van der Waals surface area contributed by atoms with Crippen molar-refractivity contribution in [3.05, 3.63) is 35.4 Å². The number of benzene rings is 1. The molecule has 1 heterocycles. The molecular formula is C18H28N2O2. The fraction of sp³-hybridized carbons (Fsp3) is 0.611. The van der Waals surface area contributed by atoms with Gasteiger partial charge in [-0.25, -0.2) is 0 Å². The van der Waals surface area contributed by atoms with E-state index in [9.17, 15) is 4.79 Å². The van der Waals surface area contributed by atoms with Crippen LogP contribution in [0.4, 0.5) is 0 Å². The number of ether oxygens (including phenoxy) is 1. The first-order valence-electron chi connectivity index (χ1n) is 8.01. The molecular weight excluding hydrogens is 276 g/mol. The molecule has 0 unspecified atom stereocenters. The maximum atomic E-state index is 12.6. The van der Waals surface area contributed by atoms with Gasteiger partial charge in [-0.15, -0.1) is 0 Å². The molecule has 4 nitrogen and oxygen atoms in total. The lowest BCUT2D eigenvalue weighted by atomic mass is 9.83. The van der Waals surface area contributed by atoms with Crippen LogP contribution in [0.1, 0.15) is 37.8 Å². The van der Waals surface area contributed by atoms with E-state index >= 15 is 0 Å². The monoisotopic (exact) mass is 304 g/mol. The number of carbonyl (C=O) groups is 1.